The molecule has 110 valence electrons. The summed E-state index contributed by atoms with van der Waals surface area (Å²) in [4.78, 5) is 1.21. The molecule has 0 aliphatic heterocycles. The zero-order chi connectivity index (χ0) is 15.3. The highest BCUT2D eigenvalue weighted by Crippen LogP contribution is 2.20. The number of hydrogen-bond acceptors (Lipinski definition) is 5. The number of rotatable bonds is 4. The molecular formula is C15H14O4S2. The van der Waals surface area contributed by atoms with E-state index in [0.29, 0.717) is 12.4 Å². The van der Waals surface area contributed by atoms with Gasteiger partial charge in [0.05, 0.1) is 4.90 Å². The molecule has 0 saturated carbocycles. The molecule has 0 aliphatic carbocycles. The number of ether oxygens (including phenoxy) is 1. The van der Waals surface area contributed by atoms with Gasteiger partial charge in [-0.3, -0.25) is 0 Å². The van der Waals surface area contributed by atoms with E-state index >= 15 is 0 Å². The summed E-state index contributed by atoms with van der Waals surface area (Å²) in [7, 11) is -3.23. The van der Waals surface area contributed by atoms with Crippen LogP contribution in [0.1, 0.15) is 10.4 Å². The SMILES string of the molecule is CS(=O)(=O)c1cccc(OCc2cc(C#CCO)cs2)c1. The average Bonchev–Trinajstić information content (AvgIpc) is 2.90. The fraction of sp³-hybridized carbons (Fsp3) is 0.200. The molecule has 2 aromatic rings. The third kappa shape index (κ3) is 4.60. The van der Waals surface area contributed by atoms with Crippen LogP contribution in [0.2, 0.25) is 0 Å². The van der Waals surface area contributed by atoms with Crippen molar-refractivity contribution < 1.29 is 18.3 Å². The first-order valence-corrected chi connectivity index (χ1v) is 8.86. The Kier molecular flexibility index (Phi) is 5.02. The van der Waals surface area contributed by atoms with Gasteiger partial charge in [0.15, 0.2) is 9.84 Å². The van der Waals surface area contributed by atoms with Crippen LogP contribution in [0.15, 0.2) is 40.6 Å². The van der Waals surface area contributed by atoms with Gasteiger partial charge < -0.3 is 9.84 Å². The lowest BCUT2D eigenvalue weighted by molar-refractivity contribution is 0.309. The van der Waals surface area contributed by atoms with Gasteiger partial charge >= 0.3 is 0 Å². The van der Waals surface area contributed by atoms with Gasteiger partial charge in [-0.2, -0.15) is 0 Å². The van der Waals surface area contributed by atoms with Gasteiger partial charge in [-0.1, -0.05) is 17.9 Å². The van der Waals surface area contributed by atoms with Crippen LogP contribution in [0.4, 0.5) is 0 Å². The third-order valence-electron chi connectivity index (χ3n) is 2.58. The summed E-state index contributed by atoms with van der Waals surface area (Å²) in [6.45, 7) is 0.179. The maximum absolute atomic E-state index is 11.5. The Bertz CT molecular complexity index is 779. The molecule has 0 amide bonds. The Morgan fingerprint density at radius 3 is 2.86 bits per heavy atom. The second-order valence-electron chi connectivity index (χ2n) is 4.30. The van der Waals surface area contributed by atoms with E-state index in [1.54, 1.807) is 12.1 Å². The van der Waals surface area contributed by atoms with E-state index in [9.17, 15) is 8.42 Å². The third-order valence-corrected chi connectivity index (χ3v) is 4.60. The van der Waals surface area contributed by atoms with Crippen molar-refractivity contribution >= 4 is 21.2 Å². The lowest BCUT2D eigenvalue weighted by atomic mass is 10.3. The molecule has 1 heterocycles. The molecule has 1 N–H and O–H groups in total. The van der Waals surface area contributed by atoms with Crippen molar-refractivity contribution in [3.05, 3.63) is 46.2 Å². The molecule has 1 aromatic heterocycles. The molecule has 0 aliphatic rings. The Morgan fingerprint density at radius 2 is 2.14 bits per heavy atom. The molecule has 0 radical (unpaired) electrons. The molecule has 4 nitrogen and oxygen atoms in total. The molecule has 0 spiro atoms. The summed E-state index contributed by atoms with van der Waals surface area (Å²) >= 11 is 1.50. The van der Waals surface area contributed by atoms with Crippen molar-refractivity contribution in [2.45, 2.75) is 11.5 Å². The topological polar surface area (TPSA) is 63.6 Å². The minimum Gasteiger partial charge on any atom is -0.488 e. The van der Waals surface area contributed by atoms with Crippen LogP contribution in [-0.2, 0) is 16.4 Å². The number of aliphatic hydroxyl groups is 1. The van der Waals surface area contributed by atoms with Crippen molar-refractivity contribution in [2.24, 2.45) is 0 Å². The van der Waals surface area contributed by atoms with Crippen LogP contribution in [0.25, 0.3) is 0 Å². The second-order valence-corrected chi connectivity index (χ2v) is 7.31. The van der Waals surface area contributed by atoms with Gasteiger partial charge in [-0.05, 0) is 24.3 Å². The van der Waals surface area contributed by atoms with E-state index in [1.165, 1.54) is 23.5 Å². The second kappa shape index (κ2) is 6.76. The zero-order valence-corrected chi connectivity index (χ0v) is 13.0. The predicted molar refractivity (Wildman–Crippen MR) is 82.2 cm³/mol. The van der Waals surface area contributed by atoms with E-state index in [0.717, 1.165) is 16.7 Å². The zero-order valence-electron chi connectivity index (χ0n) is 11.4. The molecule has 6 heteroatoms. The van der Waals surface area contributed by atoms with E-state index in [2.05, 4.69) is 11.8 Å². The van der Waals surface area contributed by atoms with Gasteiger partial charge in [0.1, 0.15) is 19.0 Å². The first kappa shape index (κ1) is 15.6. The van der Waals surface area contributed by atoms with E-state index < -0.39 is 9.84 Å². The quantitative estimate of drug-likeness (QED) is 0.875. The Balaban J connectivity index is 2.05. The number of benzene rings is 1. The number of hydrogen-bond donors (Lipinski definition) is 1. The van der Waals surface area contributed by atoms with E-state index in [1.807, 2.05) is 11.4 Å². The van der Waals surface area contributed by atoms with E-state index in [-0.39, 0.29) is 11.5 Å². The monoisotopic (exact) mass is 322 g/mol. The van der Waals surface area contributed by atoms with Crippen molar-refractivity contribution in [3.63, 3.8) is 0 Å². The lowest BCUT2D eigenvalue weighted by Crippen LogP contribution is -1.98. The van der Waals surface area contributed by atoms with Crippen LogP contribution in [0.3, 0.4) is 0 Å². The first-order chi connectivity index (χ1) is 9.99. The van der Waals surface area contributed by atoms with Gasteiger partial charge in [0.25, 0.3) is 0 Å². The largest absolute Gasteiger partial charge is 0.488 e. The van der Waals surface area contributed by atoms with Crippen LogP contribution in [-0.4, -0.2) is 26.4 Å². The summed E-state index contributed by atoms with van der Waals surface area (Å²) in [5.74, 6) is 5.91. The van der Waals surface area contributed by atoms with Crippen molar-refractivity contribution in [3.8, 4) is 17.6 Å². The van der Waals surface area contributed by atoms with Crippen molar-refractivity contribution in [1.29, 1.82) is 0 Å². The smallest absolute Gasteiger partial charge is 0.175 e. The van der Waals surface area contributed by atoms with Crippen LogP contribution < -0.4 is 4.74 Å². The maximum atomic E-state index is 11.5. The molecule has 0 atom stereocenters. The normalized spacial score (nSPS) is 10.8. The molecule has 2 rings (SSSR count). The highest BCUT2D eigenvalue weighted by Gasteiger charge is 2.08. The predicted octanol–water partition coefficient (Wildman–Crippen LogP) is 2.07. The Morgan fingerprint density at radius 1 is 1.33 bits per heavy atom. The molecule has 0 fully saturated rings. The van der Waals surface area contributed by atoms with Crippen molar-refractivity contribution in [2.75, 3.05) is 12.9 Å². The summed E-state index contributed by atoms with van der Waals surface area (Å²) in [5, 5.41) is 10.5. The minimum absolute atomic E-state index is 0.167. The minimum atomic E-state index is -3.23. The van der Waals surface area contributed by atoms with Crippen LogP contribution in [0.5, 0.6) is 5.75 Å². The Hall–Kier alpha value is -1.81. The van der Waals surface area contributed by atoms with Gasteiger partial charge in [-0.25, -0.2) is 8.42 Å². The summed E-state index contributed by atoms with van der Waals surface area (Å²) in [5.41, 5.74) is 0.831. The van der Waals surface area contributed by atoms with Gasteiger partial charge in [-0.15, -0.1) is 11.3 Å². The standard InChI is InChI=1S/C15H14O4S2/c1-21(17,18)15-6-2-5-13(9-15)19-10-14-8-12(11-20-14)4-3-7-16/h2,5-6,8-9,11,16H,7,10H2,1H3. The fourth-order valence-corrected chi connectivity index (χ4v) is 3.00. The highest BCUT2D eigenvalue weighted by molar-refractivity contribution is 7.90. The lowest BCUT2D eigenvalue weighted by Gasteiger charge is -2.06. The molecule has 21 heavy (non-hydrogen) atoms. The molecule has 0 unspecified atom stereocenters. The fourth-order valence-electron chi connectivity index (χ4n) is 1.61. The number of sulfone groups is 1. The Labute approximate surface area is 127 Å². The van der Waals surface area contributed by atoms with Crippen LogP contribution >= 0.6 is 11.3 Å². The van der Waals surface area contributed by atoms with Crippen LogP contribution in [0, 0.1) is 11.8 Å². The highest BCUT2D eigenvalue weighted by atomic mass is 32.2. The summed E-state index contributed by atoms with van der Waals surface area (Å²) < 4.78 is 28.5. The van der Waals surface area contributed by atoms with E-state index in [4.69, 9.17) is 9.84 Å². The number of thiophene rings is 1. The molecule has 1 aromatic carbocycles. The average molecular weight is 322 g/mol. The number of aliphatic hydroxyl groups excluding tert-OH is 1. The first-order valence-electron chi connectivity index (χ1n) is 6.09. The molecule has 0 bridgehead atoms. The summed E-state index contributed by atoms with van der Waals surface area (Å²) in [6, 6.07) is 8.30. The van der Waals surface area contributed by atoms with Gasteiger partial charge in [0.2, 0.25) is 0 Å². The molecular weight excluding hydrogens is 308 g/mol. The van der Waals surface area contributed by atoms with Crippen molar-refractivity contribution in [1.82, 2.24) is 0 Å². The summed E-state index contributed by atoms with van der Waals surface area (Å²) in [6.07, 6.45) is 1.16. The maximum Gasteiger partial charge on any atom is 0.175 e. The van der Waals surface area contributed by atoms with Gasteiger partial charge in [0, 0.05) is 22.1 Å². The molecule has 0 saturated heterocycles.